The Balaban J connectivity index is 1.43. The first-order valence-electron chi connectivity index (χ1n) is 9.03. The van der Waals surface area contributed by atoms with Crippen molar-refractivity contribution in [1.82, 2.24) is 9.21 Å². The number of rotatable bonds is 7. The molecule has 0 amide bonds. The first-order valence-corrected chi connectivity index (χ1v) is 10.5. The fourth-order valence-corrected chi connectivity index (χ4v) is 5.12. The third-order valence-electron chi connectivity index (χ3n) is 5.24. The minimum Gasteiger partial charge on any atom is -0.447 e. The highest BCUT2D eigenvalue weighted by molar-refractivity contribution is 7.89. The van der Waals surface area contributed by atoms with Crippen molar-refractivity contribution in [3.05, 3.63) is 17.9 Å². The molecule has 1 saturated carbocycles. The molecule has 24 heavy (non-hydrogen) atoms. The van der Waals surface area contributed by atoms with Crippen molar-refractivity contribution in [3.8, 4) is 0 Å². The van der Waals surface area contributed by atoms with Crippen LogP contribution in [0.25, 0.3) is 0 Å². The van der Waals surface area contributed by atoms with Crippen LogP contribution in [0, 0.1) is 5.92 Å². The molecule has 1 unspecified atom stereocenters. The Labute approximate surface area is 143 Å². The number of hydrogen-bond acceptors (Lipinski definition) is 5. The maximum atomic E-state index is 12.6. The van der Waals surface area contributed by atoms with Crippen LogP contribution in [0.2, 0.25) is 0 Å². The molecule has 3 aliphatic rings. The Kier molecular flexibility index (Phi) is 4.68. The molecule has 3 fully saturated rings. The van der Waals surface area contributed by atoms with Gasteiger partial charge in [0.25, 0.3) is 10.0 Å². The van der Waals surface area contributed by atoms with E-state index in [1.807, 2.05) is 6.07 Å². The van der Waals surface area contributed by atoms with E-state index in [1.165, 1.54) is 17.1 Å². The third-order valence-corrected chi connectivity index (χ3v) is 7.01. The molecule has 0 N–H and O–H groups in total. The predicted octanol–water partition coefficient (Wildman–Crippen LogP) is 2.07. The molecule has 0 aromatic carbocycles. The molecule has 2 aliphatic heterocycles. The second-order valence-electron chi connectivity index (χ2n) is 7.22. The number of sulfonamides is 1. The van der Waals surface area contributed by atoms with E-state index in [0.717, 1.165) is 44.8 Å². The van der Waals surface area contributed by atoms with Gasteiger partial charge in [-0.1, -0.05) is 0 Å². The summed E-state index contributed by atoms with van der Waals surface area (Å²) in [4.78, 5) is 2.43. The van der Waals surface area contributed by atoms with Crippen LogP contribution in [0.15, 0.2) is 21.6 Å². The van der Waals surface area contributed by atoms with Gasteiger partial charge >= 0.3 is 0 Å². The van der Waals surface area contributed by atoms with Crippen molar-refractivity contribution in [2.45, 2.75) is 49.8 Å². The van der Waals surface area contributed by atoms with Gasteiger partial charge in [-0.05, 0) is 50.2 Å². The Morgan fingerprint density at radius 2 is 1.96 bits per heavy atom. The molecule has 1 aliphatic carbocycles. The zero-order chi connectivity index (χ0) is 16.6. The van der Waals surface area contributed by atoms with E-state index in [4.69, 9.17) is 9.15 Å². The van der Waals surface area contributed by atoms with Gasteiger partial charge in [-0.25, -0.2) is 8.42 Å². The monoisotopic (exact) mass is 354 g/mol. The molecule has 7 heteroatoms. The lowest BCUT2D eigenvalue weighted by Gasteiger charge is -2.23. The van der Waals surface area contributed by atoms with E-state index < -0.39 is 10.0 Å². The lowest BCUT2D eigenvalue weighted by atomic mass is 10.1. The summed E-state index contributed by atoms with van der Waals surface area (Å²) in [6, 6.07) is 4.06. The SMILES string of the molecule is O=S(=O)(c1ccc(CN(CC2CCOC2)C2CC2)o1)N1CCCC1. The fourth-order valence-electron chi connectivity index (χ4n) is 3.68. The van der Waals surface area contributed by atoms with E-state index >= 15 is 0 Å². The number of nitrogens with zero attached hydrogens (tertiary/aromatic N) is 2. The minimum atomic E-state index is -3.45. The van der Waals surface area contributed by atoms with Gasteiger partial charge in [0.1, 0.15) is 5.76 Å². The summed E-state index contributed by atoms with van der Waals surface area (Å²) >= 11 is 0. The number of ether oxygens (including phenoxy) is 1. The molecular weight excluding hydrogens is 328 g/mol. The first-order chi connectivity index (χ1) is 11.6. The van der Waals surface area contributed by atoms with Gasteiger partial charge in [0.2, 0.25) is 5.09 Å². The highest BCUT2D eigenvalue weighted by Crippen LogP contribution is 2.31. The van der Waals surface area contributed by atoms with E-state index in [9.17, 15) is 8.42 Å². The van der Waals surface area contributed by atoms with Crippen molar-refractivity contribution < 1.29 is 17.6 Å². The quantitative estimate of drug-likeness (QED) is 0.750. The average Bonchev–Trinajstić information content (AvgIpc) is 3.05. The van der Waals surface area contributed by atoms with Crippen molar-refractivity contribution in [1.29, 1.82) is 0 Å². The van der Waals surface area contributed by atoms with Crippen LogP contribution in [0.4, 0.5) is 0 Å². The highest BCUT2D eigenvalue weighted by atomic mass is 32.2. The Morgan fingerprint density at radius 3 is 2.62 bits per heavy atom. The van der Waals surface area contributed by atoms with Gasteiger partial charge in [0.05, 0.1) is 13.2 Å². The fraction of sp³-hybridized carbons (Fsp3) is 0.765. The maximum Gasteiger partial charge on any atom is 0.276 e. The van der Waals surface area contributed by atoms with Crippen LogP contribution >= 0.6 is 0 Å². The van der Waals surface area contributed by atoms with Gasteiger partial charge in [-0.15, -0.1) is 0 Å². The molecule has 1 aromatic heterocycles. The third kappa shape index (κ3) is 3.54. The second kappa shape index (κ2) is 6.78. The van der Waals surface area contributed by atoms with E-state index in [0.29, 0.717) is 31.6 Å². The standard InChI is InChI=1S/C17H26N2O4S/c20-24(21,19-8-1-2-9-19)17-6-5-16(23-17)12-18(15-3-4-15)11-14-7-10-22-13-14/h5-6,14-15H,1-4,7-13H2. The molecule has 0 spiro atoms. The lowest BCUT2D eigenvalue weighted by Crippen LogP contribution is -2.31. The van der Waals surface area contributed by atoms with Gasteiger partial charge in [-0.2, -0.15) is 4.31 Å². The lowest BCUT2D eigenvalue weighted by molar-refractivity contribution is 0.155. The molecular formula is C17H26N2O4S. The second-order valence-corrected chi connectivity index (χ2v) is 9.09. The van der Waals surface area contributed by atoms with Crippen LogP contribution in [-0.2, 0) is 21.3 Å². The number of furan rings is 1. The van der Waals surface area contributed by atoms with Crippen LogP contribution < -0.4 is 0 Å². The maximum absolute atomic E-state index is 12.6. The normalized spacial score (nSPS) is 25.8. The molecule has 0 bridgehead atoms. The van der Waals surface area contributed by atoms with Gasteiger partial charge < -0.3 is 9.15 Å². The summed E-state index contributed by atoms with van der Waals surface area (Å²) in [5.74, 6) is 1.34. The first kappa shape index (κ1) is 16.6. The Morgan fingerprint density at radius 1 is 1.17 bits per heavy atom. The Bertz CT molecular complexity index is 656. The predicted molar refractivity (Wildman–Crippen MR) is 89.1 cm³/mol. The number of hydrogen-bond donors (Lipinski definition) is 0. The summed E-state index contributed by atoms with van der Waals surface area (Å²) in [7, 11) is -3.45. The molecule has 4 rings (SSSR count). The topological polar surface area (TPSA) is 63.0 Å². The molecule has 2 saturated heterocycles. The summed E-state index contributed by atoms with van der Waals surface area (Å²) in [6.07, 6.45) is 5.45. The average molecular weight is 354 g/mol. The molecule has 6 nitrogen and oxygen atoms in total. The Hall–Kier alpha value is -0.890. The summed E-state index contributed by atoms with van der Waals surface area (Å²) in [6.45, 7) is 4.62. The summed E-state index contributed by atoms with van der Waals surface area (Å²) < 4.78 is 37.9. The van der Waals surface area contributed by atoms with Crippen molar-refractivity contribution >= 4 is 10.0 Å². The van der Waals surface area contributed by atoms with Crippen LogP contribution in [0.3, 0.4) is 0 Å². The van der Waals surface area contributed by atoms with Crippen LogP contribution in [0.5, 0.6) is 0 Å². The van der Waals surface area contributed by atoms with E-state index in [1.54, 1.807) is 6.07 Å². The summed E-state index contributed by atoms with van der Waals surface area (Å²) in [5, 5.41) is 0.0966. The van der Waals surface area contributed by atoms with Gasteiger partial charge in [-0.3, -0.25) is 4.90 Å². The molecule has 0 radical (unpaired) electrons. The zero-order valence-electron chi connectivity index (χ0n) is 14.0. The van der Waals surface area contributed by atoms with Gasteiger partial charge in [0, 0.05) is 32.3 Å². The van der Waals surface area contributed by atoms with E-state index in [2.05, 4.69) is 4.90 Å². The van der Waals surface area contributed by atoms with Crippen molar-refractivity contribution in [2.75, 3.05) is 32.8 Å². The smallest absolute Gasteiger partial charge is 0.276 e. The molecule has 1 aromatic rings. The highest BCUT2D eigenvalue weighted by Gasteiger charge is 2.33. The summed E-state index contributed by atoms with van der Waals surface area (Å²) in [5.41, 5.74) is 0. The molecule has 134 valence electrons. The zero-order valence-corrected chi connectivity index (χ0v) is 14.8. The van der Waals surface area contributed by atoms with E-state index in [-0.39, 0.29) is 5.09 Å². The molecule has 1 atom stereocenters. The van der Waals surface area contributed by atoms with Crippen molar-refractivity contribution in [2.24, 2.45) is 5.92 Å². The van der Waals surface area contributed by atoms with Crippen LogP contribution in [-0.4, -0.2) is 56.5 Å². The molecule has 3 heterocycles. The largest absolute Gasteiger partial charge is 0.447 e. The minimum absolute atomic E-state index is 0.0966. The van der Waals surface area contributed by atoms with Crippen molar-refractivity contribution in [3.63, 3.8) is 0 Å². The van der Waals surface area contributed by atoms with Gasteiger partial charge in [0.15, 0.2) is 0 Å². The van der Waals surface area contributed by atoms with Crippen LogP contribution in [0.1, 0.15) is 37.9 Å².